The SMILES string of the molecule is O=C1CC2SC3CC2(C=C1Br)c1c(c(=O)c2ncc4cc[nH]c1c42)N3. The molecule has 0 saturated carbocycles. The van der Waals surface area contributed by atoms with Crippen LogP contribution in [0.3, 0.4) is 0 Å². The van der Waals surface area contributed by atoms with Gasteiger partial charge in [-0.15, -0.1) is 11.8 Å². The zero-order chi connectivity index (χ0) is 16.9. The molecule has 25 heavy (non-hydrogen) atoms. The zero-order valence-electron chi connectivity index (χ0n) is 12.9. The number of Topliss-reactive ketones (excluding diaryl/α,β-unsaturated/α-hetero) is 1. The summed E-state index contributed by atoms with van der Waals surface area (Å²) in [4.78, 5) is 33.1. The molecule has 1 saturated heterocycles. The van der Waals surface area contributed by atoms with Crippen LogP contribution in [0.1, 0.15) is 18.4 Å². The number of nitrogens with zero attached hydrogens (tertiary/aromatic N) is 1. The predicted octanol–water partition coefficient (Wildman–Crippen LogP) is 3.26. The van der Waals surface area contributed by atoms with Gasteiger partial charge in [0.15, 0.2) is 5.78 Å². The minimum atomic E-state index is -0.307. The average molecular weight is 414 g/mol. The van der Waals surface area contributed by atoms with Gasteiger partial charge in [-0.1, -0.05) is 6.08 Å². The number of allylic oxidation sites excluding steroid dienone is 2. The number of fused-ring (bicyclic) bond motifs is 3. The van der Waals surface area contributed by atoms with E-state index >= 15 is 0 Å². The molecule has 2 aliphatic heterocycles. The first-order valence-electron chi connectivity index (χ1n) is 8.18. The first-order chi connectivity index (χ1) is 12.1. The Morgan fingerprint density at radius 2 is 2.24 bits per heavy atom. The second kappa shape index (κ2) is 4.45. The van der Waals surface area contributed by atoms with Gasteiger partial charge in [0.2, 0.25) is 5.43 Å². The number of aromatic amines is 1. The molecule has 5 nitrogen and oxygen atoms in total. The standard InChI is InChI=1S/C18H12BrN3O2S/c19-8-4-18-5-11(25-10(18)3-9(8)23)22-16-13(18)14-12-7(1-2-20-14)6-21-15(12)17(16)24/h1-2,4,6,10-11,20,22H,3,5H2. The number of halogens is 1. The number of carbonyl (C=O) groups is 1. The number of thioether (sulfide) groups is 1. The van der Waals surface area contributed by atoms with E-state index in [1.54, 1.807) is 18.0 Å². The van der Waals surface area contributed by atoms with Crippen LogP contribution in [0.25, 0.3) is 21.8 Å². The Bertz CT molecular complexity index is 1190. The summed E-state index contributed by atoms with van der Waals surface area (Å²) in [6.07, 6.45) is 7.08. The van der Waals surface area contributed by atoms with Crippen molar-refractivity contribution in [3.63, 3.8) is 0 Å². The van der Waals surface area contributed by atoms with E-state index in [-0.39, 0.29) is 27.3 Å². The van der Waals surface area contributed by atoms with Crippen LogP contribution < -0.4 is 10.7 Å². The summed E-state index contributed by atoms with van der Waals surface area (Å²) >= 11 is 5.23. The van der Waals surface area contributed by atoms with Crippen LogP contribution in [-0.2, 0) is 10.2 Å². The lowest BCUT2D eigenvalue weighted by Gasteiger charge is -2.38. The van der Waals surface area contributed by atoms with Gasteiger partial charge in [0.05, 0.1) is 21.1 Å². The van der Waals surface area contributed by atoms with E-state index in [4.69, 9.17) is 0 Å². The van der Waals surface area contributed by atoms with Crippen LogP contribution >= 0.6 is 27.7 Å². The predicted molar refractivity (Wildman–Crippen MR) is 103 cm³/mol. The molecule has 6 rings (SSSR count). The second-order valence-electron chi connectivity index (χ2n) is 6.99. The number of H-pyrrole nitrogens is 1. The molecule has 1 spiro atoms. The Balaban J connectivity index is 1.83. The Hall–Kier alpha value is -1.86. The molecular formula is C18H12BrN3O2S. The largest absolute Gasteiger partial charge is 0.370 e. The molecule has 4 heterocycles. The van der Waals surface area contributed by atoms with Crippen molar-refractivity contribution < 1.29 is 4.79 Å². The summed E-state index contributed by atoms with van der Waals surface area (Å²) in [5.41, 5.74) is 2.78. The van der Waals surface area contributed by atoms with E-state index in [9.17, 15) is 9.59 Å². The molecule has 1 aliphatic carbocycles. The van der Waals surface area contributed by atoms with Crippen molar-refractivity contribution in [2.24, 2.45) is 0 Å². The third kappa shape index (κ3) is 1.59. The third-order valence-electron chi connectivity index (χ3n) is 5.76. The summed E-state index contributed by atoms with van der Waals surface area (Å²) in [5, 5.41) is 5.59. The average Bonchev–Trinajstić information content (AvgIpc) is 3.13. The fourth-order valence-corrected chi connectivity index (χ4v) is 7.04. The van der Waals surface area contributed by atoms with Crippen LogP contribution in [0.5, 0.6) is 0 Å². The first-order valence-corrected chi connectivity index (χ1v) is 9.91. The molecule has 2 N–H and O–H groups in total. The number of nitrogens with one attached hydrogen (secondary N) is 2. The lowest BCUT2D eigenvalue weighted by atomic mass is 9.68. The molecule has 7 heteroatoms. The topological polar surface area (TPSA) is 74.8 Å². The smallest absolute Gasteiger partial charge is 0.228 e. The Morgan fingerprint density at radius 3 is 3.12 bits per heavy atom. The maximum absolute atomic E-state index is 13.1. The van der Waals surface area contributed by atoms with Crippen LogP contribution in [0.2, 0.25) is 0 Å². The van der Waals surface area contributed by atoms with Gasteiger partial charge in [-0.25, -0.2) is 0 Å². The van der Waals surface area contributed by atoms with E-state index in [0.717, 1.165) is 28.3 Å². The van der Waals surface area contributed by atoms with E-state index < -0.39 is 0 Å². The number of carbonyl (C=O) groups excluding carboxylic acids is 1. The lowest BCUT2D eigenvalue weighted by Crippen LogP contribution is -2.41. The third-order valence-corrected chi connectivity index (χ3v) is 7.96. The molecule has 2 bridgehead atoms. The van der Waals surface area contributed by atoms with Gasteiger partial charge in [0.25, 0.3) is 0 Å². The number of benzene rings is 1. The second-order valence-corrected chi connectivity index (χ2v) is 9.26. The quantitative estimate of drug-likeness (QED) is 0.591. The summed E-state index contributed by atoms with van der Waals surface area (Å²) in [6.45, 7) is 0. The zero-order valence-corrected chi connectivity index (χ0v) is 15.3. The Morgan fingerprint density at radius 1 is 1.36 bits per heavy atom. The van der Waals surface area contributed by atoms with Crippen molar-refractivity contribution in [3.05, 3.63) is 44.8 Å². The maximum atomic E-state index is 13.1. The maximum Gasteiger partial charge on any atom is 0.228 e. The van der Waals surface area contributed by atoms with Crippen LogP contribution in [0, 0.1) is 0 Å². The molecule has 3 aliphatic rings. The van der Waals surface area contributed by atoms with Crippen molar-refractivity contribution in [2.45, 2.75) is 28.9 Å². The Kier molecular flexibility index (Phi) is 2.55. The molecule has 3 atom stereocenters. The summed E-state index contributed by atoms with van der Waals surface area (Å²) in [7, 11) is 0. The van der Waals surface area contributed by atoms with Gasteiger partial charge in [-0.05, 0) is 28.4 Å². The molecule has 124 valence electrons. The normalized spacial score (nSPS) is 30.3. The minimum Gasteiger partial charge on any atom is -0.370 e. The molecule has 3 unspecified atom stereocenters. The van der Waals surface area contributed by atoms with E-state index in [0.29, 0.717) is 22.1 Å². The number of hydrogen-bond acceptors (Lipinski definition) is 5. The van der Waals surface area contributed by atoms with Gasteiger partial charge in [0, 0.05) is 45.8 Å². The summed E-state index contributed by atoms with van der Waals surface area (Å²) in [6, 6.07) is 1.95. The summed E-state index contributed by atoms with van der Waals surface area (Å²) in [5.74, 6) is 0.137. The highest BCUT2D eigenvalue weighted by atomic mass is 79.9. The number of pyridine rings is 1. The van der Waals surface area contributed by atoms with Gasteiger partial charge in [-0.2, -0.15) is 0 Å². The van der Waals surface area contributed by atoms with E-state index in [1.165, 1.54) is 0 Å². The van der Waals surface area contributed by atoms with Crippen molar-refractivity contribution >= 4 is 61.0 Å². The fraction of sp³-hybridized carbons (Fsp3) is 0.278. The molecule has 3 aromatic rings. The van der Waals surface area contributed by atoms with Crippen molar-refractivity contribution in [3.8, 4) is 0 Å². The Labute approximate surface area is 154 Å². The molecule has 1 aromatic carbocycles. The highest BCUT2D eigenvalue weighted by Crippen LogP contribution is 2.60. The van der Waals surface area contributed by atoms with Crippen molar-refractivity contribution in [2.75, 3.05) is 5.32 Å². The van der Waals surface area contributed by atoms with Gasteiger partial charge in [0.1, 0.15) is 5.52 Å². The first kappa shape index (κ1) is 14.3. The van der Waals surface area contributed by atoms with Crippen LogP contribution in [-0.4, -0.2) is 26.4 Å². The van der Waals surface area contributed by atoms with Crippen molar-refractivity contribution in [1.29, 1.82) is 0 Å². The lowest BCUT2D eigenvalue weighted by molar-refractivity contribution is -0.115. The van der Waals surface area contributed by atoms with Crippen molar-refractivity contribution in [1.82, 2.24) is 9.97 Å². The van der Waals surface area contributed by atoms with E-state index in [1.807, 2.05) is 18.3 Å². The number of ketones is 1. The highest BCUT2D eigenvalue weighted by Gasteiger charge is 2.56. The van der Waals surface area contributed by atoms with Crippen LogP contribution in [0.15, 0.2) is 33.8 Å². The van der Waals surface area contributed by atoms with E-state index in [2.05, 4.69) is 31.2 Å². The summed E-state index contributed by atoms with van der Waals surface area (Å²) < 4.78 is 0.629. The molecule has 1 fully saturated rings. The molecule has 2 aromatic heterocycles. The van der Waals surface area contributed by atoms with Gasteiger partial charge in [-0.3, -0.25) is 14.6 Å². The number of rotatable bonds is 0. The highest BCUT2D eigenvalue weighted by molar-refractivity contribution is 9.12. The van der Waals surface area contributed by atoms with Gasteiger partial charge >= 0.3 is 0 Å². The number of anilines is 1. The fourth-order valence-electron chi connectivity index (χ4n) is 4.75. The molecule has 0 amide bonds. The van der Waals surface area contributed by atoms with Crippen LogP contribution in [0.4, 0.5) is 5.69 Å². The monoisotopic (exact) mass is 413 g/mol. The minimum absolute atomic E-state index is 0.0381. The number of hydrogen-bond donors (Lipinski definition) is 2. The molecular weight excluding hydrogens is 402 g/mol. The van der Waals surface area contributed by atoms with Gasteiger partial charge < -0.3 is 10.3 Å². The molecule has 0 radical (unpaired) electrons. The number of aromatic nitrogens is 2.